The quantitative estimate of drug-likeness (QED) is 0.320. The van der Waals surface area contributed by atoms with Crippen molar-refractivity contribution in [2.75, 3.05) is 16.6 Å². The highest BCUT2D eigenvalue weighted by molar-refractivity contribution is 8.00. The summed E-state index contributed by atoms with van der Waals surface area (Å²) in [4.78, 5) is 13.8. The van der Waals surface area contributed by atoms with E-state index in [0.29, 0.717) is 17.3 Å². The van der Waals surface area contributed by atoms with Crippen molar-refractivity contribution >= 4 is 40.8 Å². The van der Waals surface area contributed by atoms with Crippen molar-refractivity contribution in [2.24, 2.45) is 0 Å². The van der Waals surface area contributed by atoms with E-state index in [0.717, 1.165) is 21.7 Å². The van der Waals surface area contributed by atoms with Crippen molar-refractivity contribution in [1.82, 2.24) is 5.32 Å². The van der Waals surface area contributed by atoms with Gasteiger partial charge in [0.25, 0.3) is 0 Å². The molecule has 0 spiro atoms. The fourth-order valence-corrected chi connectivity index (χ4v) is 3.99. The van der Waals surface area contributed by atoms with E-state index in [1.54, 1.807) is 0 Å². The van der Waals surface area contributed by atoms with Gasteiger partial charge in [-0.2, -0.15) is 0 Å². The molecular formula is C25H30ClN3OS. The van der Waals surface area contributed by atoms with E-state index in [1.807, 2.05) is 67.5 Å². The molecule has 0 bridgehead atoms. The summed E-state index contributed by atoms with van der Waals surface area (Å²) < 4.78 is 1.97. The molecule has 0 atom stereocenters. The lowest BCUT2D eigenvalue weighted by Gasteiger charge is -2.25. The van der Waals surface area contributed by atoms with Crippen molar-refractivity contribution in [2.45, 2.75) is 39.1 Å². The smallest absolute Gasteiger partial charge is 0.240 e. The Morgan fingerprint density at radius 3 is 2.35 bits per heavy atom. The predicted octanol–water partition coefficient (Wildman–Crippen LogP) is 6.40. The van der Waals surface area contributed by atoms with Crippen LogP contribution in [0.3, 0.4) is 0 Å². The van der Waals surface area contributed by atoms with E-state index in [-0.39, 0.29) is 12.5 Å². The number of nitrogens with one attached hydrogen (secondary N) is 1. The van der Waals surface area contributed by atoms with Gasteiger partial charge in [-0.15, -0.1) is 0 Å². The molecule has 0 aliphatic rings. The highest BCUT2D eigenvalue weighted by Crippen LogP contribution is 2.34. The van der Waals surface area contributed by atoms with Crippen LogP contribution in [0.4, 0.5) is 11.4 Å². The molecule has 0 radical (unpaired) electrons. The number of hydrogen-bond acceptors (Lipinski definition) is 4. The van der Waals surface area contributed by atoms with Crippen LogP contribution >= 0.6 is 23.5 Å². The number of para-hydroxylation sites is 1. The van der Waals surface area contributed by atoms with Crippen molar-refractivity contribution in [3.63, 3.8) is 0 Å². The number of halogens is 1. The molecule has 3 aromatic rings. The molecule has 1 amide bonds. The number of benzene rings is 3. The zero-order chi connectivity index (χ0) is 22.8. The summed E-state index contributed by atoms with van der Waals surface area (Å²) in [5.74, 6) is -0.0905. The first kappa shape index (κ1) is 24.6. The van der Waals surface area contributed by atoms with Gasteiger partial charge in [0.2, 0.25) is 5.91 Å². The van der Waals surface area contributed by atoms with Crippen LogP contribution in [-0.2, 0) is 11.3 Å². The molecule has 4 nitrogen and oxygen atoms in total. The Hall–Kier alpha value is -2.63. The summed E-state index contributed by atoms with van der Waals surface area (Å²) in [6, 6.07) is 21.5. The Balaban J connectivity index is 0.00000166. The van der Waals surface area contributed by atoms with Gasteiger partial charge in [-0.05, 0) is 67.3 Å². The third-order valence-corrected chi connectivity index (χ3v) is 6.00. The SMILES string of the molecule is CC.Cc1ccc(SN(CC(=O)NCc2ccccc2N)c2cccc(Cl)c2C)cc1. The van der Waals surface area contributed by atoms with Gasteiger partial charge in [-0.1, -0.05) is 67.4 Å². The van der Waals surface area contributed by atoms with Crippen LogP contribution < -0.4 is 15.4 Å². The summed E-state index contributed by atoms with van der Waals surface area (Å²) in [6.07, 6.45) is 0. The molecule has 164 valence electrons. The Kier molecular flexibility index (Phi) is 9.76. The van der Waals surface area contributed by atoms with Crippen molar-refractivity contribution in [1.29, 1.82) is 0 Å². The largest absolute Gasteiger partial charge is 0.398 e. The first-order chi connectivity index (χ1) is 14.9. The van der Waals surface area contributed by atoms with Gasteiger partial charge in [-0.25, -0.2) is 0 Å². The van der Waals surface area contributed by atoms with Crippen molar-refractivity contribution in [3.8, 4) is 0 Å². The minimum atomic E-state index is -0.0905. The molecule has 0 fully saturated rings. The third kappa shape index (κ3) is 7.23. The number of hydrogen-bond donors (Lipinski definition) is 2. The number of nitrogen functional groups attached to an aromatic ring is 1. The lowest BCUT2D eigenvalue weighted by molar-refractivity contribution is -0.119. The lowest BCUT2D eigenvalue weighted by Crippen LogP contribution is -2.34. The standard InChI is InChI=1S/C23H24ClN3OS.C2H6/c1-16-10-12-19(13-11-16)29-27(22-9-5-7-20(24)17(22)2)15-23(28)26-14-18-6-3-4-8-21(18)25;1-2/h3-13H,14-15,25H2,1-2H3,(H,26,28);1-2H3. The van der Waals surface area contributed by atoms with Gasteiger partial charge in [0.05, 0.1) is 5.69 Å². The Morgan fingerprint density at radius 2 is 1.68 bits per heavy atom. The summed E-state index contributed by atoms with van der Waals surface area (Å²) in [5, 5.41) is 3.64. The van der Waals surface area contributed by atoms with Gasteiger partial charge >= 0.3 is 0 Å². The molecule has 31 heavy (non-hydrogen) atoms. The topological polar surface area (TPSA) is 58.4 Å². The van der Waals surface area contributed by atoms with Gasteiger partial charge < -0.3 is 15.4 Å². The van der Waals surface area contributed by atoms with Crippen LogP contribution in [0.5, 0.6) is 0 Å². The van der Waals surface area contributed by atoms with E-state index in [2.05, 4.69) is 36.5 Å². The fourth-order valence-electron chi connectivity index (χ4n) is 2.83. The second kappa shape index (κ2) is 12.3. The number of amides is 1. The van der Waals surface area contributed by atoms with Gasteiger partial charge in [0, 0.05) is 22.2 Å². The van der Waals surface area contributed by atoms with Crippen LogP contribution in [-0.4, -0.2) is 12.5 Å². The Labute approximate surface area is 194 Å². The number of rotatable bonds is 7. The van der Waals surface area contributed by atoms with E-state index in [9.17, 15) is 4.79 Å². The molecule has 0 saturated heterocycles. The van der Waals surface area contributed by atoms with Crippen LogP contribution in [0.2, 0.25) is 5.02 Å². The molecular weight excluding hydrogens is 426 g/mol. The van der Waals surface area contributed by atoms with Gasteiger partial charge in [0.15, 0.2) is 0 Å². The number of nitrogens with zero attached hydrogens (tertiary/aromatic N) is 1. The third-order valence-electron chi connectivity index (χ3n) is 4.56. The number of anilines is 2. The van der Waals surface area contributed by atoms with Crippen molar-refractivity contribution in [3.05, 3.63) is 88.4 Å². The van der Waals surface area contributed by atoms with E-state index < -0.39 is 0 Å². The maximum absolute atomic E-state index is 12.7. The number of carbonyl (C=O) groups excluding carboxylic acids is 1. The molecule has 0 unspecified atom stereocenters. The number of aryl methyl sites for hydroxylation is 1. The maximum Gasteiger partial charge on any atom is 0.240 e. The highest BCUT2D eigenvalue weighted by Gasteiger charge is 2.17. The lowest BCUT2D eigenvalue weighted by atomic mass is 10.2. The molecule has 0 saturated carbocycles. The zero-order valence-corrected chi connectivity index (χ0v) is 20.1. The molecule has 0 heterocycles. The normalized spacial score (nSPS) is 10.1. The van der Waals surface area contributed by atoms with Gasteiger partial charge in [0.1, 0.15) is 6.54 Å². The van der Waals surface area contributed by atoms with Crippen LogP contribution in [0.15, 0.2) is 71.6 Å². The number of nitrogens with two attached hydrogens (primary N) is 1. The van der Waals surface area contributed by atoms with Crippen molar-refractivity contribution < 1.29 is 4.79 Å². The number of carbonyl (C=O) groups is 1. The van der Waals surface area contributed by atoms with E-state index in [1.165, 1.54) is 17.5 Å². The predicted molar refractivity (Wildman–Crippen MR) is 135 cm³/mol. The summed E-state index contributed by atoms with van der Waals surface area (Å²) in [6.45, 7) is 8.59. The highest BCUT2D eigenvalue weighted by atomic mass is 35.5. The minimum Gasteiger partial charge on any atom is -0.398 e. The molecule has 3 rings (SSSR count). The van der Waals surface area contributed by atoms with Crippen LogP contribution in [0.25, 0.3) is 0 Å². The average molecular weight is 456 g/mol. The average Bonchev–Trinajstić information content (AvgIpc) is 2.77. The second-order valence-corrected chi connectivity index (χ2v) is 8.30. The fraction of sp³-hybridized carbons (Fsp3) is 0.240. The minimum absolute atomic E-state index is 0.0905. The van der Waals surface area contributed by atoms with Crippen LogP contribution in [0.1, 0.15) is 30.5 Å². The molecule has 6 heteroatoms. The van der Waals surface area contributed by atoms with E-state index >= 15 is 0 Å². The van der Waals surface area contributed by atoms with Crippen LogP contribution in [0, 0.1) is 13.8 Å². The molecule has 3 N–H and O–H groups in total. The maximum atomic E-state index is 12.7. The Morgan fingerprint density at radius 1 is 1.00 bits per heavy atom. The Bertz CT molecular complexity index is 992. The second-order valence-electron chi connectivity index (χ2n) is 6.80. The van der Waals surface area contributed by atoms with E-state index in [4.69, 9.17) is 17.3 Å². The molecule has 0 aromatic heterocycles. The summed E-state index contributed by atoms with van der Waals surface area (Å²) >= 11 is 7.84. The zero-order valence-electron chi connectivity index (χ0n) is 18.5. The first-order valence-electron chi connectivity index (χ1n) is 10.3. The summed E-state index contributed by atoms with van der Waals surface area (Å²) in [5.41, 5.74) is 10.6. The monoisotopic (exact) mass is 455 g/mol. The molecule has 0 aliphatic carbocycles. The first-order valence-corrected chi connectivity index (χ1v) is 11.5. The molecule has 0 aliphatic heterocycles. The van der Waals surface area contributed by atoms with Gasteiger partial charge in [-0.3, -0.25) is 4.79 Å². The summed E-state index contributed by atoms with van der Waals surface area (Å²) in [7, 11) is 0. The molecule has 3 aromatic carbocycles.